The van der Waals surface area contributed by atoms with Gasteiger partial charge >= 0.3 is 72.2 Å². The molecule has 0 heterocycles. The Balaban J connectivity index is 0. The van der Waals surface area contributed by atoms with E-state index in [9.17, 15) is 0 Å². The number of allylic oxidation sites excluding steroid dienone is 1. The summed E-state index contributed by atoms with van der Waals surface area (Å²) in [5, 5.41) is 8.25. The molecule has 4 heteroatoms. The van der Waals surface area contributed by atoms with Gasteiger partial charge in [-0.15, -0.1) is 0 Å². The summed E-state index contributed by atoms with van der Waals surface area (Å²) < 4.78 is 0.621. The van der Waals surface area contributed by atoms with Gasteiger partial charge in [-0.25, -0.2) is 0 Å². The summed E-state index contributed by atoms with van der Waals surface area (Å²) in [7, 11) is 11.2. The molecule has 3 nitrogen and oxygen atoms in total. The van der Waals surface area contributed by atoms with Gasteiger partial charge in [-0.05, 0) is 42.3 Å². The first-order chi connectivity index (χ1) is 9.12. The number of hydrogen-bond acceptors (Lipinski definition) is 3. The fraction of sp³-hybridized carbons (Fsp3) is 0.467. The molecular weight excluding hydrogens is 270 g/mol. The second-order valence-corrected chi connectivity index (χ2v) is 4.94. The fourth-order valence-electron chi connectivity index (χ4n) is 1.25. The van der Waals surface area contributed by atoms with Crippen LogP contribution in [0.1, 0.15) is 15.3 Å². The molecule has 0 saturated heterocycles. The number of benzene rings is 1. The molecule has 0 saturated carbocycles. The topological polar surface area (TPSA) is 36.1 Å². The van der Waals surface area contributed by atoms with Crippen LogP contribution in [0.5, 0.6) is 0 Å². The van der Waals surface area contributed by atoms with Crippen LogP contribution in [0, 0.1) is 0 Å². The molecule has 107 valence electrons. The standard InChI is InChI=1S/C9H7.3C2H7N.Ti/c1-2-5-9-7-3-6-8(9)4-1;3*1-3-2;/h1-7H;3*3H,1-2H3;. The van der Waals surface area contributed by atoms with Crippen molar-refractivity contribution < 1.29 is 20.4 Å². The van der Waals surface area contributed by atoms with Gasteiger partial charge in [0, 0.05) is 0 Å². The van der Waals surface area contributed by atoms with E-state index in [-0.39, 0.29) is 0 Å². The van der Waals surface area contributed by atoms with E-state index in [1.807, 2.05) is 42.3 Å². The summed E-state index contributed by atoms with van der Waals surface area (Å²) in [5.41, 5.74) is 2.84. The first kappa shape index (κ1) is 20.9. The minimum atomic E-state index is 0.621. The van der Waals surface area contributed by atoms with Crippen LogP contribution >= 0.6 is 0 Å². The van der Waals surface area contributed by atoms with Gasteiger partial charge in [0.15, 0.2) is 0 Å². The Hall–Kier alpha value is -0.446. The molecule has 19 heavy (non-hydrogen) atoms. The van der Waals surface area contributed by atoms with Crippen LogP contribution in [0.25, 0.3) is 6.08 Å². The maximum atomic E-state index is 2.75. The Labute approximate surface area is 130 Å². The Kier molecular flexibility index (Phi) is 17.1. The molecule has 1 aliphatic rings. The molecule has 0 spiro atoms. The van der Waals surface area contributed by atoms with Crippen LogP contribution in [-0.2, 0) is 20.4 Å². The SMILES string of the molecule is CNC.CNC.CNC.[Ti][CH]1C=Cc2ccccc21. The summed E-state index contributed by atoms with van der Waals surface area (Å²) >= 11 is 2.22. The van der Waals surface area contributed by atoms with Gasteiger partial charge in [-0.1, -0.05) is 0 Å². The van der Waals surface area contributed by atoms with Crippen molar-refractivity contribution in [2.45, 2.75) is 4.22 Å². The van der Waals surface area contributed by atoms with E-state index in [4.69, 9.17) is 0 Å². The second kappa shape index (κ2) is 15.6. The van der Waals surface area contributed by atoms with Crippen molar-refractivity contribution in [3.63, 3.8) is 0 Å². The normalized spacial score (nSPS) is 13.8. The third kappa shape index (κ3) is 11.1. The molecule has 0 amide bonds. The second-order valence-electron chi connectivity index (χ2n) is 3.97. The third-order valence-corrected chi connectivity index (χ3v) is 2.59. The zero-order chi connectivity index (χ0) is 15.1. The van der Waals surface area contributed by atoms with Gasteiger partial charge in [0.2, 0.25) is 0 Å². The van der Waals surface area contributed by atoms with Gasteiger partial charge in [0.25, 0.3) is 0 Å². The van der Waals surface area contributed by atoms with E-state index >= 15 is 0 Å². The van der Waals surface area contributed by atoms with Crippen LogP contribution in [0.4, 0.5) is 0 Å². The summed E-state index contributed by atoms with van der Waals surface area (Å²) in [6.45, 7) is 0. The van der Waals surface area contributed by atoms with E-state index in [0.29, 0.717) is 4.22 Å². The van der Waals surface area contributed by atoms with E-state index < -0.39 is 0 Å². The van der Waals surface area contributed by atoms with Crippen molar-refractivity contribution in [2.75, 3.05) is 42.3 Å². The Morgan fingerprint density at radius 2 is 1.26 bits per heavy atom. The van der Waals surface area contributed by atoms with Gasteiger partial charge in [-0.3, -0.25) is 0 Å². The summed E-state index contributed by atoms with van der Waals surface area (Å²) in [6, 6.07) is 8.54. The van der Waals surface area contributed by atoms with E-state index in [1.54, 1.807) is 0 Å². The number of fused-ring (bicyclic) bond motifs is 1. The summed E-state index contributed by atoms with van der Waals surface area (Å²) in [4.78, 5) is 0. The maximum absolute atomic E-state index is 2.75. The zero-order valence-electron chi connectivity index (χ0n) is 13.0. The summed E-state index contributed by atoms with van der Waals surface area (Å²) in [5.74, 6) is 0. The van der Waals surface area contributed by atoms with Crippen LogP contribution in [0.15, 0.2) is 30.3 Å². The monoisotopic (exact) mass is 298 g/mol. The fourth-order valence-corrected chi connectivity index (χ4v) is 1.81. The molecule has 1 aromatic rings. The van der Waals surface area contributed by atoms with Crippen LogP contribution in [-0.4, -0.2) is 42.3 Å². The van der Waals surface area contributed by atoms with Gasteiger partial charge < -0.3 is 16.0 Å². The Morgan fingerprint density at radius 1 is 0.842 bits per heavy atom. The first-order valence-electron chi connectivity index (χ1n) is 6.36. The van der Waals surface area contributed by atoms with E-state index in [0.717, 1.165) is 0 Å². The number of nitrogens with one attached hydrogen (secondary N) is 3. The van der Waals surface area contributed by atoms with Gasteiger partial charge in [0.1, 0.15) is 0 Å². The van der Waals surface area contributed by atoms with Gasteiger partial charge in [0.05, 0.1) is 0 Å². The molecular formula is C15H28N3Ti. The molecule has 0 aliphatic heterocycles. The van der Waals surface area contributed by atoms with Crippen LogP contribution in [0.2, 0.25) is 0 Å². The van der Waals surface area contributed by atoms with E-state index in [2.05, 4.69) is 72.8 Å². The first-order valence-corrected chi connectivity index (χ1v) is 7.26. The molecule has 0 bridgehead atoms. The third-order valence-electron chi connectivity index (χ3n) is 1.80. The Morgan fingerprint density at radius 3 is 1.68 bits per heavy atom. The number of rotatable bonds is 0. The van der Waals surface area contributed by atoms with Crippen LogP contribution < -0.4 is 16.0 Å². The van der Waals surface area contributed by atoms with Crippen molar-refractivity contribution in [1.82, 2.24) is 16.0 Å². The molecule has 1 unspecified atom stereocenters. The van der Waals surface area contributed by atoms with Crippen molar-refractivity contribution in [1.29, 1.82) is 0 Å². The predicted molar refractivity (Wildman–Crippen MR) is 83.2 cm³/mol. The molecule has 0 radical (unpaired) electrons. The average molecular weight is 298 g/mol. The van der Waals surface area contributed by atoms with E-state index in [1.165, 1.54) is 11.1 Å². The minimum absolute atomic E-state index is 0.621. The zero-order valence-corrected chi connectivity index (χ0v) is 14.6. The Bertz CT molecular complexity index is 322. The van der Waals surface area contributed by atoms with Crippen molar-refractivity contribution >= 4 is 6.08 Å². The molecule has 1 aliphatic carbocycles. The molecule has 1 atom stereocenters. The van der Waals surface area contributed by atoms with Crippen molar-refractivity contribution in [2.24, 2.45) is 0 Å². The quantitative estimate of drug-likeness (QED) is 0.639. The average Bonchev–Trinajstić information content (AvgIpc) is 2.75. The molecule has 0 aromatic heterocycles. The summed E-state index contributed by atoms with van der Waals surface area (Å²) in [6.07, 6.45) is 4.44. The van der Waals surface area contributed by atoms with Gasteiger partial charge in [-0.2, -0.15) is 0 Å². The molecule has 1 aromatic carbocycles. The number of hydrogen-bond donors (Lipinski definition) is 3. The molecule has 0 fully saturated rings. The molecule has 3 N–H and O–H groups in total. The molecule has 2 rings (SSSR count). The van der Waals surface area contributed by atoms with Crippen molar-refractivity contribution in [3.05, 3.63) is 41.5 Å². The van der Waals surface area contributed by atoms with Crippen LogP contribution in [0.3, 0.4) is 0 Å². The van der Waals surface area contributed by atoms with Crippen molar-refractivity contribution in [3.8, 4) is 0 Å². The predicted octanol–water partition coefficient (Wildman–Crippen LogP) is 1.81.